The number of carbonyl (C=O) groups excluding carboxylic acids is 1. The smallest absolute Gasteiger partial charge is 0.387 e. The molecule has 5 rings (SSSR count). The molecule has 2 saturated heterocycles. The van der Waals surface area contributed by atoms with Crippen LogP contribution in [0.15, 0.2) is 42.1 Å². The van der Waals surface area contributed by atoms with Crippen LogP contribution in [-0.4, -0.2) is 72.0 Å². The van der Waals surface area contributed by atoms with E-state index in [0.717, 1.165) is 44.6 Å². The van der Waals surface area contributed by atoms with E-state index in [1.807, 2.05) is 11.1 Å². The number of carbonyl (C=O) groups is 1. The molecule has 4 heterocycles. The number of benzene rings is 1. The topological polar surface area (TPSA) is 71.1 Å². The van der Waals surface area contributed by atoms with E-state index in [1.165, 1.54) is 11.6 Å². The number of aliphatic hydroxyl groups is 1. The molecule has 10 heteroatoms. The minimum Gasteiger partial charge on any atom is -0.387 e. The lowest BCUT2D eigenvalue weighted by Crippen LogP contribution is -2.52. The summed E-state index contributed by atoms with van der Waals surface area (Å²) in [6.45, 7) is 6.04. The van der Waals surface area contributed by atoms with Gasteiger partial charge in [-0.15, -0.1) is 0 Å². The van der Waals surface area contributed by atoms with Crippen molar-refractivity contribution in [3.8, 4) is 0 Å². The number of amides is 1. The maximum atomic E-state index is 13.2. The van der Waals surface area contributed by atoms with E-state index in [0.29, 0.717) is 37.7 Å². The van der Waals surface area contributed by atoms with Crippen molar-refractivity contribution in [3.63, 3.8) is 0 Å². The number of rotatable bonds is 4. The Bertz CT molecular complexity index is 1030. The predicted octanol–water partition coefficient (Wildman–Crippen LogP) is 3.35. The van der Waals surface area contributed by atoms with Crippen LogP contribution in [0.3, 0.4) is 0 Å². The fourth-order valence-electron chi connectivity index (χ4n) is 5.93. The average molecular weight is 506 g/mol. The van der Waals surface area contributed by atoms with Crippen molar-refractivity contribution in [2.75, 3.05) is 42.9 Å². The first-order chi connectivity index (χ1) is 17.2. The van der Waals surface area contributed by atoms with Crippen molar-refractivity contribution in [1.82, 2.24) is 15.1 Å². The van der Waals surface area contributed by atoms with Crippen molar-refractivity contribution in [1.29, 1.82) is 0 Å². The SMILES string of the molecule is CC(C1=CCNC=C1)N1CCC(C(=O)N2CCC(N3c4ccc(C(F)(F)F)cc4NC3O)CC2)CC1. The average Bonchev–Trinajstić information content (AvgIpc) is 3.23. The Balaban J connectivity index is 1.14. The van der Waals surface area contributed by atoms with Gasteiger partial charge < -0.3 is 25.5 Å². The Morgan fingerprint density at radius 3 is 2.47 bits per heavy atom. The Morgan fingerprint density at radius 2 is 1.83 bits per heavy atom. The van der Waals surface area contributed by atoms with E-state index < -0.39 is 18.1 Å². The van der Waals surface area contributed by atoms with Crippen LogP contribution in [0, 0.1) is 5.92 Å². The molecule has 0 radical (unpaired) electrons. The highest BCUT2D eigenvalue weighted by molar-refractivity contribution is 5.79. The Morgan fingerprint density at radius 1 is 1.11 bits per heavy atom. The first-order valence-electron chi connectivity index (χ1n) is 12.8. The lowest BCUT2D eigenvalue weighted by molar-refractivity contribution is -0.138. The van der Waals surface area contributed by atoms with Crippen LogP contribution >= 0.6 is 0 Å². The van der Waals surface area contributed by atoms with Crippen LogP contribution in [0.25, 0.3) is 0 Å². The lowest BCUT2D eigenvalue weighted by Gasteiger charge is -2.41. The normalized spacial score (nSPS) is 24.7. The number of fused-ring (bicyclic) bond motifs is 1. The highest BCUT2D eigenvalue weighted by Crippen LogP contribution is 2.41. The van der Waals surface area contributed by atoms with Gasteiger partial charge in [-0.2, -0.15) is 13.2 Å². The number of dihydropyridines is 1. The summed E-state index contributed by atoms with van der Waals surface area (Å²) in [5.74, 6) is 0.236. The fourth-order valence-corrected chi connectivity index (χ4v) is 5.93. The Labute approximate surface area is 209 Å². The van der Waals surface area contributed by atoms with E-state index in [9.17, 15) is 23.1 Å². The van der Waals surface area contributed by atoms with Gasteiger partial charge in [-0.3, -0.25) is 9.69 Å². The van der Waals surface area contributed by atoms with Gasteiger partial charge in [0.25, 0.3) is 0 Å². The van der Waals surface area contributed by atoms with Crippen molar-refractivity contribution in [2.24, 2.45) is 5.92 Å². The van der Waals surface area contributed by atoms with Crippen molar-refractivity contribution in [3.05, 3.63) is 47.7 Å². The molecule has 3 N–H and O–H groups in total. The minimum absolute atomic E-state index is 0.0307. The number of aliphatic hydroxyl groups excluding tert-OH is 1. The summed E-state index contributed by atoms with van der Waals surface area (Å²) < 4.78 is 39.2. The molecule has 4 aliphatic heterocycles. The molecule has 2 fully saturated rings. The highest BCUT2D eigenvalue weighted by Gasteiger charge is 2.39. The molecular weight excluding hydrogens is 471 g/mol. The number of nitrogens with one attached hydrogen (secondary N) is 2. The van der Waals surface area contributed by atoms with Gasteiger partial charge >= 0.3 is 6.18 Å². The van der Waals surface area contributed by atoms with Crippen LogP contribution in [0.5, 0.6) is 0 Å². The zero-order chi connectivity index (χ0) is 25.4. The summed E-state index contributed by atoms with van der Waals surface area (Å²) in [4.78, 5) is 19.4. The van der Waals surface area contributed by atoms with Gasteiger partial charge in [0.15, 0.2) is 0 Å². The standard InChI is InChI=1S/C26H34F3N5O2/c1-17(18-4-10-30-11-5-18)32-12-6-19(7-13-32)24(35)33-14-8-21(9-15-33)34-23-3-2-20(26(27,28)29)16-22(23)31-25(34)36/h2-5,10,16-17,19,21,25,30-31,36H,6-9,11-15H2,1H3. The maximum Gasteiger partial charge on any atom is 0.416 e. The van der Waals surface area contributed by atoms with Crippen LogP contribution in [0.4, 0.5) is 24.5 Å². The van der Waals surface area contributed by atoms with E-state index in [1.54, 1.807) is 4.90 Å². The number of nitrogens with zero attached hydrogens (tertiary/aromatic N) is 3. The zero-order valence-corrected chi connectivity index (χ0v) is 20.5. The molecule has 4 aliphatic rings. The number of alkyl halides is 3. The second kappa shape index (κ2) is 9.97. The first kappa shape index (κ1) is 25.0. The zero-order valence-electron chi connectivity index (χ0n) is 20.5. The minimum atomic E-state index is -4.43. The molecule has 196 valence electrons. The van der Waals surface area contributed by atoms with Crippen LogP contribution < -0.4 is 15.5 Å². The van der Waals surface area contributed by atoms with Gasteiger partial charge in [-0.25, -0.2) is 0 Å². The summed E-state index contributed by atoms with van der Waals surface area (Å²) in [6, 6.07) is 3.80. The molecule has 0 aromatic heterocycles. The predicted molar refractivity (Wildman–Crippen MR) is 132 cm³/mol. The molecule has 0 saturated carbocycles. The van der Waals surface area contributed by atoms with E-state index in [-0.39, 0.29) is 23.6 Å². The number of halogens is 3. The number of hydrogen-bond donors (Lipinski definition) is 3. The summed E-state index contributed by atoms with van der Waals surface area (Å²) in [5.41, 5.74) is 1.43. The van der Waals surface area contributed by atoms with Gasteiger partial charge in [-0.1, -0.05) is 6.08 Å². The Kier molecular flexibility index (Phi) is 6.91. The third kappa shape index (κ3) is 4.93. The molecule has 0 bridgehead atoms. The monoisotopic (exact) mass is 505 g/mol. The van der Waals surface area contributed by atoms with Crippen molar-refractivity contribution < 1.29 is 23.1 Å². The quantitative estimate of drug-likeness (QED) is 0.583. The Hall–Kier alpha value is -2.72. The van der Waals surface area contributed by atoms with Crippen molar-refractivity contribution >= 4 is 17.3 Å². The van der Waals surface area contributed by atoms with Crippen molar-refractivity contribution in [2.45, 2.75) is 57.2 Å². The second-order valence-corrected chi connectivity index (χ2v) is 10.1. The van der Waals surface area contributed by atoms with Gasteiger partial charge in [0, 0.05) is 37.6 Å². The molecule has 0 aliphatic carbocycles. The van der Waals surface area contributed by atoms with Gasteiger partial charge in [0.2, 0.25) is 12.3 Å². The highest BCUT2D eigenvalue weighted by atomic mass is 19.4. The first-order valence-corrected chi connectivity index (χ1v) is 12.8. The fraction of sp³-hybridized carbons (Fsp3) is 0.577. The van der Waals surface area contributed by atoms with Gasteiger partial charge in [-0.05, 0) is 81.7 Å². The summed E-state index contributed by atoms with van der Waals surface area (Å²) in [5, 5.41) is 16.5. The summed E-state index contributed by atoms with van der Waals surface area (Å²) in [7, 11) is 0. The molecule has 1 amide bonds. The third-order valence-corrected chi connectivity index (χ3v) is 8.08. The van der Waals surface area contributed by atoms with Gasteiger partial charge in [0.1, 0.15) is 0 Å². The number of anilines is 2. The molecular formula is C26H34F3N5O2. The maximum absolute atomic E-state index is 13.2. The van der Waals surface area contributed by atoms with Crippen LogP contribution in [0.2, 0.25) is 0 Å². The molecule has 2 atom stereocenters. The molecule has 1 aromatic rings. The van der Waals surface area contributed by atoms with Gasteiger partial charge in [0.05, 0.1) is 16.9 Å². The van der Waals surface area contributed by atoms with Crippen LogP contribution in [-0.2, 0) is 11.0 Å². The molecule has 1 aromatic carbocycles. The number of hydrogen-bond acceptors (Lipinski definition) is 6. The molecule has 36 heavy (non-hydrogen) atoms. The van der Waals surface area contributed by atoms with E-state index in [4.69, 9.17) is 0 Å². The lowest BCUT2D eigenvalue weighted by atomic mass is 9.92. The van der Waals surface area contributed by atoms with Crippen LogP contribution in [0.1, 0.15) is 38.2 Å². The number of piperidine rings is 2. The summed E-state index contributed by atoms with van der Waals surface area (Å²) in [6.07, 6.45) is 3.84. The van der Waals surface area contributed by atoms with E-state index in [2.05, 4.69) is 34.6 Å². The second-order valence-electron chi connectivity index (χ2n) is 10.1. The largest absolute Gasteiger partial charge is 0.416 e. The number of likely N-dealkylation sites (tertiary alicyclic amines) is 2. The molecule has 2 unspecified atom stereocenters. The third-order valence-electron chi connectivity index (χ3n) is 8.08. The molecule has 0 spiro atoms. The molecule has 7 nitrogen and oxygen atoms in total. The summed E-state index contributed by atoms with van der Waals surface area (Å²) >= 11 is 0. The van der Waals surface area contributed by atoms with E-state index >= 15 is 0 Å².